The van der Waals surface area contributed by atoms with E-state index >= 15 is 0 Å². The van der Waals surface area contributed by atoms with Crippen LogP contribution < -0.4 is 5.32 Å². The first-order chi connectivity index (χ1) is 10.2. The Morgan fingerprint density at radius 3 is 2.10 bits per heavy atom. The maximum atomic E-state index is 12.3. The van der Waals surface area contributed by atoms with Crippen molar-refractivity contribution in [2.45, 2.75) is 57.4 Å². The van der Waals surface area contributed by atoms with Crippen LogP contribution in [0.4, 0.5) is 4.79 Å². The first kappa shape index (κ1) is 14.7. The van der Waals surface area contributed by atoms with E-state index in [2.05, 4.69) is 5.32 Å². The van der Waals surface area contributed by atoms with E-state index in [0.29, 0.717) is 25.0 Å². The smallest absolute Gasteiger partial charge is 0.317 e. The minimum Gasteiger partial charge on any atom is -0.341 e. The Morgan fingerprint density at radius 1 is 0.762 bits per heavy atom. The molecule has 0 bridgehead atoms. The van der Waals surface area contributed by atoms with Crippen LogP contribution in [0.3, 0.4) is 0 Å². The van der Waals surface area contributed by atoms with Gasteiger partial charge in [0.25, 0.3) is 0 Å². The van der Waals surface area contributed by atoms with Crippen LogP contribution >= 0.6 is 0 Å². The second-order valence-corrected chi connectivity index (χ2v) is 6.72. The zero-order valence-corrected chi connectivity index (χ0v) is 12.9. The number of rotatable bonds is 2. The quantitative estimate of drug-likeness (QED) is 0.846. The Morgan fingerprint density at radius 2 is 1.43 bits per heavy atom. The molecule has 0 radical (unpaired) electrons. The summed E-state index contributed by atoms with van der Waals surface area (Å²) < 4.78 is 0. The van der Waals surface area contributed by atoms with Crippen LogP contribution in [0.25, 0.3) is 0 Å². The molecule has 118 valence electrons. The molecule has 0 spiro atoms. The molecule has 0 aromatic heterocycles. The number of urea groups is 1. The third-order valence-electron chi connectivity index (χ3n) is 5.23. The van der Waals surface area contributed by atoms with E-state index in [9.17, 15) is 9.59 Å². The van der Waals surface area contributed by atoms with Crippen molar-refractivity contribution in [3.8, 4) is 0 Å². The fourth-order valence-corrected chi connectivity index (χ4v) is 3.59. The molecule has 1 heterocycles. The van der Waals surface area contributed by atoms with E-state index in [1.54, 1.807) is 0 Å². The average Bonchev–Trinajstić information content (AvgIpc) is 2.78. The molecule has 1 saturated heterocycles. The summed E-state index contributed by atoms with van der Waals surface area (Å²) in [6, 6.07) is 0.438. The molecule has 3 aliphatic rings. The van der Waals surface area contributed by atoms with Gasteiger partial charge in [-0.2, -0.15) is 0 Å². The lowest BCUT2D eigenvalue weighted by Crippen LogP contribution is -2.46. The Hall–Kier alpha value is -1.26. The first-order valence-corrected chi connectivity index (χ1v) is 8.58. The van der Waals surface area contributed by atoms with Gasteiger partial charge < -0.3 is 15.1 Å². The summed E-state index contributed by atoms with van der Waals surface area (Å²) in [5.74, 6) is 0.586. The number of hydrogen-bond acceptors (Lipinski definition) is 2. The highest BCUT2D eigenvalue weighted by molar-refractivity contribution is 5.80. The molecular formula is C16H27N3O2. The molecule has 3 rings (SSSR count). The van der Waals surface area contributed by atoms with Crippen LogP contribution in [0.2, 0.25) is 0 Å². The fourth-order valence-electron chi connectivity index (χ4n) is 3.59. The molecule has 21 heavy (non-hydrogen) atoms. The Balaban J connectivity index is 1.47. The maximum absolute atomic E-state index is 12.3. The highest BCUT2D eigenvalue weighted by Crippen LogP contribution is 2.28. The van der Waals surface area contributed by atoms with Gasteiger partial charge in [-0.3, -0.25) is 4.79 Å². The lowest BCUT2D eigenvalue weighted by atomic mass is 9.84. The number of hydrogen-bond donors (Lipinski definition) is 1. The predicted octanol–water partition coefficient (Wildman–Crippen LogP) is 1.97. The number of nitrogens with one attached hydrogen (secondary N) is 1. The van der Waals surface area contributed by atoms with Crippen molar-refractivity contribution in [1.29, 1.82) is 0 Å². The number of carbonyl (C=O) groups excluding carboxylic acids is 2. The number of amides is 3. The zero-order chi connectivity index (χ0) is 14.7. The van der Waals surface area contributed by atoms with E-state index in [1.165, 1.54) is 19.3 Å². The van der Waals surface area contributed by atoms with Gasteiger partial charge in [0.1, 0.15) is 0 Å². The fraction of sp³-hybridized carbons (Fsp3) is 0.875. The van der Waals surface area contributed by atoms with E-state index in [1.807, 2.05) is 9.80 Å². The third kappa shape index (κ3) is 3.50. The van der Waals surface area contributed by atoms with Crippen LogP contribution in [-0.4, -0.2) is 54.0 Å². The van der Waals surface area contributed by atoms with Crippen LogP contribution in [0, 0.1) is 5.92 Å². The lowest BCUT2D eigenvalue weighted by Gasteiger charge is -2.31. The SMILES string of the molecule is O=C(NC1CCCC1)N1CCCN(C(=O)C2CCC2)CC1. The molecule has 3 amide bonds. The highest BCUT2D eigenvalue weighted by Gasteiger charge is 2.31. The summed E-state index contributed by atoms with van der Waals surface area (Å²) in [4.78, 5) is 28.5. The summed E-state index contributed by atoms with van der Waals surface area (Å²) in [6.45, 7) is 2.96. The summed E-state index contributed by atoms with van der Waals surface area (Å²) in [7, 11) is 0. The van der Waals surface area contributed by atoms with Crippen molar-refractivity contribution >= 4 is 11.9 Å². The van der Waals surface area contributed by atoms with E-state index < -0.39 is 0 Å². The number of carbonyl (C=O) groups is 2. The second kappa shape index (κ2) is 6.67. The van der Waals surface area contributed by atoms with Gasteiger partial charge in [-0.15, -0.1) is 0 Å². The van der Waals surface area contributed by atoms with Crippen LogP contribution in [0.15, 0.2) is 0 Å². The van der Waals surface area contributed by atoms with Crippen LogP contribution in [-0.2, 0) is 4.79 Å². The second-order valence-electron chi connectivity index (χ2n) is 6.72. The molecule has 5 heteroatoms. The summed E-state index contributed by atoms with van der Waals surface area (Å²) in [6.07, 6.45) is 8.90. The molecule has 2 saturated carbocycles. The van der Waals surface area contributed by atoms with Gasteiger partial charge >= 0.3 is 6.03 Å². The van der Waals surface area contributed by atoms with Crippen molar-refractivity contribution in [3.05, 3.63) is 0 Å². The molecule has 5 nitrogen and oxygen atoms in total. The van der Waals surface area contributed by atoms with Gasteiger partial charge in [-0.25, -0.2) is 4.79 Å². The minimum absolute atomic E-state index is 0.0693. The highest BCUT2D eigenvalue weighted by atomic mass is 16.2. The molecule has 0 aromatic rings. The Bertz CT molecular complexity index is 389. The number of nitrogens with zero attached hydrogens (tertiary/aromatic N) is 2. The molecule has 1 aliphatic heterocycles. The van der Waals surface area contributed by atoms with Crippen LogP contribution in [0.5, 0.6) is 0 Å². The Kier molecular flexibility index (Phi) is 4.66. The van der Waals surface area contributed by atoms with Gasteiger partial charge in [-0.05, 0) is 32.1 Å². The molecule has 0 aromatic carbocycles. The van der Waals surface area contributed by atoms with Gasteiger partial charge in [0.15, 0.2) is 0 Å². The molecule has 2 aliphatic carbocycles. The van der Waals surface area contributed by atoms with Crippen molar-refractivity contribution in [3.63, 3.8) is 0 Å². The topological polar surface area (TPSA) is 52.7 Å². The summed E-state index contributed by atoms with van der Waals surface area (Å²) >= 11 is 0. The summed E-state index contributed by atoms with van der Waals surface area (Å²) in [5.41, 5.74) is 0. The van der Waals surface area contributed by atoms with E-state index in [0.717, 1.165) is 45.2 Å². The zero-order valence-electron chi connectivity index (χ0n) is 12.9. The van der Waals surface area contributed by atoms with Crippen molar-refractivity contribution in [2.24, 2.45) is 5.92 Å². The molecule has 0 unspecified atom stereocenters. The van der Waals surface area contributed by atoms with Crippen LogP contribution in [0.1, 0.15) is 51.4 Å². The summed E-state index contributed by atoms with van der Waals surface area (Å²) in [5, 5.41) is 3.15. The van der Waals surface area contributed by atoms with Gasteiger partial charge in [-0.1, -0.05) is 19.3 Å². The Labute approximate surface area is 127 Å². The molecular weight excluding hydrogens is 266 g/mol. The van der Waals surface area contributed by atoms with Gasteiger partial charge in [0.2, 0.25) is 5.91 Å². The standard InChI is InChI=1S/C16H27N3O2/c20-15(13-5-3-6-13)18-9-4-10-19(12-11-18)16(21)17-14-7-1-2-8-14/h13-14H,1-12H2,(H,17,21). The average molecular weight is 293 g/mol. The predicted molar refractivity (Wildman–Crippen MR) is 80.9 cm³/mol. The molecule has 3 fully saturated rings. The largest absolute Gasteiger partial charge is 0.341 e. The maximum Gasteiger partial charge on any atom is 0.317 e. The van der Waals surface area contributed by atoms with Crippen molar-refractivity contribution in [2.75, 3.05) is 26.2 Å². The minimum atomic E-state index is 0.0693. The van der Waals surface area contributed by atoms with Crippen molar-refractivity contribution < 1.29 is 9.59 Å². The first-order valence-electron chi connectivity index (χ1n) is 8.58. The monoisotopic (exact) mass is 293 g/mol. The lowest BCUT2D eigenvalue weighted by molar-refractivity contribution is -0.138. The molecule has 0 atom stereocenters. The van der Waals surface area contributed by atoms with Gasteiger partial charge in [0.05, 0.1) is 0 Å². The molecule has 1 N–H and O–H groups in total. The third-order valence-corrected chi connectivity index (χ3v) is 5.23. The van der Waals surface area contributed by atoms with Crippen molar-refractivity contribution in [1.82, 2.24) is 15.1 Å². The normalized spacial score (nSPS) is 24.6. The van der Waals surface area contributed by atoms with E-state index in [-0.39, 0.29) is 11.9 Å². The van der Waals surface area contributed by atoms with E-state index in [4.69, 9.17) is 0 Å². The van der Waals surface area contributed by atoms with Gasteiger partial charge in [0, 0.05) is 38.1 Å².